The zero-order valence-corrected chi connectivity index (χ0v) is 17.3. The zero-order valence-electron chi connectivity index (χ0n) is 17.3. The van der Waals surface area contributed by atoms with Crippen molar-refractivity contribution in [3.8, 4) is 0 Å². The minimum absolute atomic E-state index is 0.0181. The van der Waals surface area contributed by atoms with Gasteiger partial charge >= 0.3 is 12.2 Å². The predicted octanol–water partition coefficient (Wildman–Crippen LogP) is 6.51. The highest BCUT2D eigenvalue weighted by Gasteiger charge is 2.36. The van der Waals surface area contributed by atoms with Crippen molar-refractivity contribution in [3.63, 3.8) is 0 Å². The lowest BCUT2D eigenvalue weighted by Crippen LogP contribution is -2.43. The molecule has 0 radical (unpaired) electrons. The van der Waals surface area contributed by atoms with Crippen LogP contribution in [0.4, 0.5) is 28.0 Å². The van der Waals surface area contributed by atoms with Crippen molar-refractivity contribution in [1.82, 2.24) is 9.88 Å². The Kier molecular flexibility index (Phi) is 5.08. The van der Waals surface area contributed by atoms with E-state index in [-0.39, 0.29) is 12.2 Å². The summed E-state index contributed by atoms with van der Waals surface area (Å²) in [5.74, 6) is -0.467. The number of halogens is 4. The van der Waals surface area contributed by atoms with Gasteiger partial charge < -0.3 is 15.2 Å². The Hall–Kier alpha value is -3.81. The Morgan fingerprint density at radius 2 is 1.76 bits per heavy atom. The quantitative estimate of drug-likeness (QED) is 0.334. The van der Waals surface area contributed by atoms with Gasteiger partial charge in [-0.1, -0.05) is 42.5 Å². The summed E-state index contributed by atoms with van der Waals surface area (Å²) >= 11 is 0. The number of hydrogen-bond donors (Lipinski definition) is 2. The van der Waals surface area contributed by atoms with Gasteiger partial charge in [0.15, 0.2) is 0 Å². The summed E-state index contributed by atoms with van der Waals surface area (Å²) in [6, 6.07) is 17.0. The largest absolute Gasteiger partial charge is 0.416 e. The number of amides is 2. The number of fused-ring (bicyclic) bond motifs is 3. The van der Waals surface area contributed by atoms with Crippen molar-refractivity contribution in [1.29, 1.82) is 0 Å². The first-order chi connectivity index (χ1) is 15.8. The number of hydrogen-bond acceptors (Lipinski definition) is 1. The van der Waals surface area contributed by atoms with Crippen LogP contribution in [0.15, 0.2) is 72.8 Å². The fourth-order valence-corrected chi connectivity index (χ4v) is 4.45. The molecule has 33 heavy (non-hydrogen) atoms. The summed E-state index contributed by atoms with van der Waals surface area (Å²) in [6.45, 7) is 0.276. The lowest BCUT2D eigenvalue weighted by Gasteiger charge is -2.36. The molecule has 4 aromatic rings. The van der Waals surface area contributed by atoms with E-state index in [1.165, 1.54) is 23.1 Å². The smallest absolute Gasteiger partial charge is 0.356 e. The molecule has 1 atom stereocenters. The highest BCUT2D eigenvalue weighted by atomic mass is 19.4. The first kappa shape index (κ1) is 21.1. The molecular formula is C25H19F4N3O. The number of nitrogens with zero attached hydrogens (tertiary/aromatic N) is 1. The molecule has 1 unspecified atom stereocenters. The number of carbonyl (C=O) groups excluding carboxylic acids is 1. The maximum Gasteiger partial charge on any atom is 0.416 e. The monoisotopic (exact) mass is 453 g/mol. The average molecular weight is 453 g/mol. The Morgan fingerprint density at radius 1 is 1.00 bits per heavy atom. The van der Waals surface area contributed by atoms with Gasteiger partial charge in [-0.2, -0.15) is 13.2 Å². The number of anilines is 1. The molecule has 0 spiro atoms. The molecule has 4 nitrogen and oxygen atoms in total. The molecule has 1 aliphatic heterocycles. The standard InChI is InChI=1S/C25H19F4N3O/c26-20-10-3-1-9-19(20)23-22-18(17-8-2-4-11-21(17)31-22)12-13-32(23)24(33)30-16-7-5-6-15(14-16)25(27,28)29/h1-11,14,23,31H,12-13H2,(H,30,33). The number of alkyl halides is 3. The van der Waals surface area contributed by atoms with Gasteiger partial charge in [0.05, 0.1) is 5.56 Å². The van der Waals surface area contributed by atoms with E-state index in [0.717, 1.165) is 28.6 Å². The minimum atomic E-state index is -4.53. The summed E-state index contributed by atoms with van der Waals surface area (Å²) < 4.78 is 54.1. The van der Waals surface area contributed by atoms with E-state index >= 15 is 0 Å². The Bertz CT molecular complexity index is 1340. The highest BCUT2D eigenvalue weighted by Crippen LogP contribution is 2.39. The average Bonchev–Trinajstić information content (AvgIpc) is 3.17. The number of H-pyrrole nitrogens is 1. The predicted molar refractivity (Wildman–Crippen MR) is 117 cm³/mol. The molecule has 2 heterocycles. The maximum atomic E-state index is 14.9. The van der Waals surface area contributed by atoms with E-state index in [9.17, 15) is 22.4 Å². The normalized spacial score (nSPS) is 16.0. The highest BCUT2D eigenvalue weighted by molar-refractivity contribution is 5.91. The number of aromatic nitrogens is 1. The minimum Gasteiger partial charge on any atom is -0.356 e. The summed E-state index contributed by atoms with van der Waals surface area (Å²) in [5.41, 5.74) is 2.05. The Labute approximate surface area is 186 Å². The molecule has 8 heteroatoms. The molecule has 0 bridgehead atoms. The van der Waals surface area contributed by atoms with Gasteiger partial charge in [0.25, 0.3) is 0 Å². The third-order valence-corrected chi connectivity index (χ3v) is 5.94. The van der Waals surface area contributed by atoms with Crippen LogP contribution in [0.2, 0.25) is 0 Å². The van der Waals surface area contributed by atoms with Gasteiger partial charge in [-0.15, -0.1) is 0 Å². The number of benzene rings is 3. The fourth-order valence-electron chi connectivity index (χ4n) is 4.45. The van der Waals surface area contributed by atoms with E-state index in [0.29, 0.717) is 17.7 Å². The van der Waals surface area contributed by atoms with E-state index in [4.69, 9.17) is 0 Å². The van der Waals surface area contributed by atoms with E-state index in [1.807, 2.05) is 24.3 Å². The van der Waals surface area contributed by atoms with Crippen LogP contribution in [0.5, 0.6) is 0 Å². The zero-order chi connectivity index (χ0) is 23.2. The molecule has 1 aliphatic rings. The van der Waals surface area contributed by atoms with Gasteiger partial charge in [-0.05, 0) is 42.3 Å². The molecule has 168 valence electrons. The molecular weight excluding hydrogens is 434 g/mol. The van der Waals surface area contributed by atoms with Crippen LogP contribution in [0.1, 0.15) is 28.4 Å². The van der Waals surface area contributed by atoms with Crippen LogP contribution < -0.4 is 5.32 Å². The summed E-state index contributed by atoms with van der Waals surface area (Å²) in [6.07, 6.45) is -4.00. The van der Waals surface area contributed by atoms with Gasteiger partial charge in [0, 0.05) is 34.4 Å². The number of carbonyl (C=O) groups is 1. The van der Waals surface area contributed by atoms with Crippen molar-refractivity contribution in [2.75, 3.05) is 11.9 Å². The van der Waals surface area contributed by atoms with Crippen molar-refractivity contribution in [3.05, 3.63) is 101 Å². The lowest BCUT2D eigenvalue weighted by atomic mass is 9.92. The van der Waals surface area contributed by atoms with Gasteiger partial charge in [-0.3, -0.25) is 0 Å². The molecule has 2 amide bonds. The Balaban J connectivity index is 1.55. The summed E-state index contributed by atoms with van der Waals surface area (Å²) in [4.78, 5) is 18.0. The van der Waals surface area contributed by atoms with Crippen molar-refractivity contribution >= 4 is 22.6 Å². The number of aromatic amines is 1. The second-order valence-corrected chi connectivity index (χ2v) is 7.94. The number of rotatable bonds is 2. The lowest BCUT2D eigenvalue weighted by molar-refractivity contribution is -0.137. The van der Waals surface area contributed by atoms with Crippen LogP contribution in [0, 0.1) is 5.82 Å². The SMILES string of the molecule is O=C(Nc1cccc(C(F)(F)F)c1)N1CCc2c([nH]c3ccccc23)C1c1ccccc1F. The van der Waals surface area contributed by atoms with Crippen molar-refractivity contribution in [2.45, 2.75) is 18.6 Å². The maximum absolute atomic E-state index is 14.9. The van der Waals surface area contributed by atoms with Crippen LogP contribution in [0.25, 0.3) is 10.9 Å². The molecule has 0 aliphatic carbocycles. The van der Waals surface area contributed by atoms with Gasteiger partial charge in [0.2, 0.25) is 0 Å². The fraction of sp³-hybridized carbons (Fsp3) is 0.160. The first-order valence-corrected chi connectivity index (χ1v) is 10.4. The van der Waals surface area contributed by atoms with Crippen LogP contribution >= 0.6 is 0 Å². The van der Waals surface area contributed by atoms with Crippen LogP contribution in [-0.4, -0.2) is 22.5 Å². The van der Waals surface area contributed by atoms with Crippen LogP contribution in [-0.2, 0) is 12.6 Å². The summed E-state index contributed by atoms with van der Waals surface area (Å²) in [7, 11) is 0. The molecule has 0 saturated carbocycles. The second kappa shape index (κ2) is 7.95. The Morgan fingerprint density at radius 3 is 2.55 bits per heavy atom. The van der Waals surface area contributed by atoms with E-state index in [2.05, 4.69) is 10.3 Å². The third kappa shape index (κ3) is 3.82. The van der Waals surface area contributed by atoms with Crippen molar-refractivity contribution < 1.29 is 22.4 Å². The van der Waals surface area contributed by atoms with Crippen LogP contribution in [0.3, 0.4) is 0 Å². The topological polar surface area (TPSA) is 48.1 Å². The second-order valence-electron chi connectivity index (χ2n) is 7.94. The number of para-hydroxylation sites is 1. The summed E-state index contributed by atoms with van der Waals surface area (Å²) in [5, 5.41) is 3.56. The number of nitrogens with one attached hydrogen (secondary N) is 2. The molecule has 3 aromatic carbocycles. The molecule has 2 N–H and O–H groups in total. The van der Waals surface area contributed by atoms with Crippen molar-refractivity contribution in [2.24, 2.45) is 0 Å². The first-order valence-electron chi connectivity index (χ1n) is 10.4. The third-order valence-electron chi connectivity index (χ3n) is 5.94. The van der Waals surface area contributed by atoms with E-state index < -0.39 is 29.6 Å². The molecule has 1 aromatic heterocycles. The van der Waals surface area contributed by atoms with Gasteiger partial charge in [-0.25, -0.2) is 9.18 Å². The molecule has 0 saturated heterocycles. The molecule has 0 fully saturated rings. The number of urea groups is 1. The molecule has 5 rings (SSSR count). The van der Waals surface area contributed by atoms with Gasteiger partial charge in [0.1, 0.15) is 11.9 Å². The van der Waals surface area contributed by atoms with E-state index in [1.54, 1.807) is 18.2 Å².